The van der Waals surface area contributed by atoms with Gasteiger partial charge in [0.1, 0.15) is 0 Å². The molecule has 0 aliphatic heterocycles. The fraction of sp³-hybridized carbons (Fsp3) is 0.889. The van der Waals surface area contributed by atoms with Crippen LogP contribution in [-0.4, -0.2) is 28.5 Å². The highest BCUT2D eigenvalue weighted by atomic mass is 16.4. The van der Waals surface area contributed by atoms with Gasteiger partial charge >= 0.3 is 6.09 Å². The van der Waals surface area contributed by atoms with E-state index in [0.717, 1.165) is 25.7 Å². The van der Waals surface area contributed by atoms with Crippen molar-refractivity contribution in [3.63, 3.8) is 0 Å². The number of aliphatic hydroxyl groups excluding tert-OH is 1. The van der Waals surface area contributed by atoms with E-state index in [2.05, 4.69) is 5.32 Å². The fourth-order valence-electron chi connectivity index (χ4n) is 1.92. The van der Waals surface area contributed by atoms with E-state index in [1.165, 1.54) is 0 Å². The lowest BCUT2D eigenvalue weighted by Gasteiger charge is -2.29. The predicted molar refractivity (Wildman–Crippen MR) is 48.6 cm³/mol. The summed E-state index contributed by atoms with van der Waals surface area (Å²) in [5.74, 6) is 0.354. The summed E-state index contributed by atoms with van der Waals surface area (Å²) in [4.78, 5) is 10.3. The van der Waals surface area contributed by atoms with E-state index in [1.54, 1.807) is 6.92 Å². The Bertz CT molecular complexity index is 174. The molecule has 0 heterocycles. The maximum absolute atomic E-state index is 10.3. The second kappa shape index (κ2) is 4.46. The third-order valence-electron chi connectivity index (χ3n) is 2.78. The summed E-state index contributed by atoms with van der Waals surface area (Å²) in [6, 6.07) is 0.0903. The molecule has 1 fully saturated rings. The van der Waals surface area contributed by atoms with Crippen molar-refractivity contribution in [3.8, 4) is 0 Å². The molecule has 76 valence electrons. The number of rotatable bonds is 2. The second-order valence-electron chi connectivity index (χ2n) is 3.80. The quantitative estimate of drug-likeness (QED) is 0.608. The zero-order valence-electron chi connectivity index (χ0n) is 7.86. The van der Waals surface area contributed by atoms with Crippen LogP contribution in [0.4, 0.5) is 4.79 Å². The minimum Gasteiger partial charge on any atom is -0.465 e. The Morgan fingerprint density at radius 1 is 1.38 bits per heavy atom. The first kappa shape index (κ1) is 10.3. The number of nitrogens with one attached hydrogen (secondary N) is 1. The van der Waals surface area contributed by atoms with Crippen LogP contribution in [-0.2, 0) is 0 Å². The van der Waals surface area contributed by atoms with Gasteiger partial charge in [0.15, 0.2) is 0 Å². The average molecular weight is 187 g/mol. The highest BCUT2D eigenvalue weighted by Gasteiger charge is 2.24. The fourth-order valence-corrected chi connectivity index (χ4v) is 1.92. The Hall–Kier alpha value is -0.770. The van der Waals surface area contributed by atoms with Crippen LogP contribution in [0, 0.1) is 5.92 Å². The molecule has 0 aromatic carbocycles. The van der Waals surface area contributed by atoms with Crippen molar-refractivity contribution in [2.75, 3.05) is 0 Å². The Morgan fingerprint density at radius 2 is 1.92 bits per heavy atom. The summed E-state index contributed by atoms with van der Waals surface area (Å²) in [7, 11) is 0. The van der Waals surface area contributed by atoms with Crippen molar-refractivity contribution in [2.24, 2.45) is 5.92 Å². The van der Waals surface area contributed by atoms with E-state index in [9.17, 15) is 9.90 Å². The number of carboxylic acid groups (broad SMARTS) is 1. The lowest BCUT2D eigenvalue weighted by Crippen LogP contribution is -2.38. The van der Waals surface area contributed by atoms with Gasteiger partial charge in [-0.1, -0.05) is 0 Å². The van der Waals surface area contributed by atoms with E-state index in [0.29, 0.717) is 5.92 Å². The van der Waals surface area contributed by atoms with E-state index >= 15 is 0 Å². The Balaban J connectivity index is 2.26. The molecule has 0 aromatic heterocycles. The standard InChI is InChI=1S/C9H17NO3/c1-6(11)7-2-4-8(5-3-7)10-9(12)13/h6-8,10-11H,2-5H2,1H3,(H,12,13)/t6-,7-,8-/m1/s1. The third kappa shape index (κ3) is 3.22. The number of amides is 1. The molecule has 1 aliphatic carbocycles. The van der Waals surface area contributed by atoms with E-state index in [-0.39, 0.29) is 12.1 Å². The molecule has 1 atom stereocenters. The van der Waals surface area contributed by atoms with Gasteiger partial charge in [-0.3, -0.25) is 0 Å². The number of hydrogen-bond donors (Lipinski definition) is 3. The molecule has 0 aromatic rings. The van der Waals surface area contributed by atoms with Crippen LogP contribution >= 0.6 is 0 Å². The molecule has 4 nitrogen and oxygen atoms in total. The number of aliphatic hydroxyl groups is 1. The average Bonchev–Trinajstić information content (AvgIpc) is 2.04. The van der Waals surface area contributed by atoms with Crippen molar-refractivity contribution >= 4 is 6.09 Å². The van der Waals surface area contributed by atoms with Gasteiger partial charge in [0.05, 0.1) is 6.10 Å². The first-order valence-electron chi connectivity index (χ1n) is 4.77. The first-order valence-corrected chi connectivity index (χ1v) is 4.77. The van der Waals surface area contributed by atoms with Crippen molar-refractivity contribution in [2.45, 2.75) is 44.8 Å². The number of hydrogen-bond acceptors (Lipinski definition) is 2. The van der Waals surface area contributed by atoms with Gasteiger partial charge in [0.25, 0.3) is 0 Å². The van der Waals surface area contributed by atoms with Crippen molar-refractivity contribution in [1.29, 1.82) is 0 Å². The van der Waals surface area contributed by atoms with Gasteiger partial charge in [-0.2, -0.15) is 0 Å². The first-order chi connectivity index (χ1) is 6.09. The van der Waals surface area contributed by atoms with E-state index in [1.807, 2.05) is 0 Å². The van der Waals surface area contributed by atoms with Crippen LogP contribution in [0.25, 0.3) is 0 Å². The monoisotopic (exact) mass is 187 g/mol. The Labute approximate surface area is 78.0 Å². The molecule has 4 heteroatoms. The maximum Gasteiger partial charge on any atom is 0.404 e. The van der Waals surface area contributed by atoms with Gasteiger partial charge in [0, 0.05) is 6.04 Å². The zero-order chi connectivity index (χ0) is 9.84. The Morgan fingerprint density at radius 3 is 2.31 bits per heavy atom. The molecule has 0 spiro atoms. The lowest BCUT2D eigenvalue weighted by atomic mass is 9.83. The lowest BCUT2D eigenvalue weighted by molar-refractivity contribution is 0.0931. The molecular formula is C9H17NO3. The molecule has 1 aliphatic rings. The Kier molecular flexibility index (Phi) is 3.54. The summed E-state index contributed by atoms with van der Waals surface area (Å²) in [6.45, 7) is 1.80. The molecule has 1 saturated carbocycles. The summed E-state index contributed by atoms with van der Waals surface area (Å²) >= 11 is 0. The van der Waals surface area contributed by atoms with Gasteiger partial charge in [-0.15, -0.1) is 0 Å². The van der Waals surface area contributed by atoms with Gasteiger partial charge in [-0.05, 0) is 38.5 Å². The van der Waals surface area contributed by atoms with Crippen LogP contribution in [0.3, 0.4) is 0 Å². The molecule has 3 N–H and O–H groups in total. The summed E-state index contributed by atoms with van der Waals surface area (Å²) in [5.41, 5.74) is 0. The largest absolute Gasteiger partial charge is 0.465 e. The number of carbonyl (C=O) groups is 1. The van der Waals surface area contributed by atoms with Gasteiger partial charge in [0.2, 0.25) is 0 Å². The summed E-state index contributed by atoms with van der Waals surface area (Å²) < 4.78 is 0. The van der Waals surface area contributed by atoms with Crippen LogP contribution in [0.5, 0.6) is 0 Å². The van der Waals surface area contributed by atoms with Gasteiger partial charge in [-0.25, -0.2) is 4.79 Å². The molecular weight excluding hydrogens is 170 g/mol. The normalized spacial score (nSPS) is 30.9. The van der Waals surface area contributed by atoms with Crippen LogP contribution in [0.1, 0.15) is 32.6 Å². The van der Waals surface area contributed by atoms with Crippen molar-refractivity contribution in [1.82, 2.24) is 5.32 Å². The summed E-state index contributed by atoms with van der Waals surface area (Å²) in [6.07, 6.45) is 2.33. The topological polar surface area (TPSA) is 69.6 Å². The SMILES string of the molecule is C[C@@H](O)[C@H]1CC[C@H](NC(=O)O)CC1. The minimum atomic E-state index is -0.944. The molecule has 13 heavy (non-hydrogen) atoms. The smallest absolute Gasteiger partial charge is 0.404 e. The zero-order valence-corrected chi connectivity index (χ0v) is 7.86. The highest BCUT2D eigenvalue weighted by molar-refractivity contribution is 5.64. The maximum atomic E-state index is 10.3. The molecule has 1 amide bonds. The predicted octanol–water partition coefficient (Wildman–Crippen LogP) is 1.19. The molecule has 0 bridgehead atoms. The summed E-state index contributed by atoms with van der Waals surface area (Å²) in [5, 5.41) is 20.3. The second-order valence-corrected chi connectivity index (χ2v) is 3.80. The minimum absolute atomic E-state index is 0.0903. The van der Waals surface area contributed by atoms with Gasteiger partial charge < -0.3 is 15.5 Å². The van der Waals surface area contributed by atoms with E-state index < -0.39 is 6.09 Å². The van der Waals surface area contributed by atoms with Crippen molar-refractivity contribution in [3.05, 3.63) is 0 Å². The molecule has 0 radical (unpaired) electrons. The van der Waals surface area contributed by atoms with Crippen molar-refractivity contribution < 1.29 is 15.0 Å². The highest BCUT2D eigenvalue weighted by Crippen LogP contribution is 2.26. The molecule has 1 rings (SSSR count). The molecule has 0 unspecified atom stereocenters. The van der Waals surface area contributed by atoms with E-state index in [4.69, 9.17) is 5.11 Å². The molecule has 0 saturated heterocycles. The van der Waals surface area contributed by atoms with Crippen LogP contribution in [0.2, 0.25) is 0 Å². The third-order valence-corrected chi connectivity index (χ3v) is 2.78. The van der Waals surface area contributed by atoms with Crippen LogP contribution < -0.4 is 5.32 Å². The van der Waals surface area contributed by atoms with Crippen LogP contribution in [0.15, 0.2) is 0 Å².